The molecule has 2 atom stereocenters. The van der Waals surface area contributed by atoms with Crippen LogP contribution in [0.1, 0.15) is 12.8 Å². The molecule has 8 heteroatoms. The first-order valence-corrected chi connectivity index (χ1v) is 9.62. The van der Waals surface area contributed by atoms with Gasteiger partial charge in [-0.15, -0.1) is 0 Å². The molecule has 0 saturated heterocycles. The molecular formula is C14H18I2N2O3S. The zero-order valence-corrected chi connectivity index (χ0v) is 17.2. The van der Waals surface area contributed by atoms with E-state index in [4.69, 9.17) is 0 Å². The highest BCUT2D eigenvalue weighted by atomic mass is 127. The van der Waals surface area contributed by atoms with E-state index in [0.29, 0.717) is 5.75 Å². The van der Waals surface area contributed by atoms with E-state index in [1.54, 1.807) is 22.6 Å². The van der Waals surface area contributed by atoms with Crippen LogP contribution in [-0.4, -0.2) is 44.2 Å². The van der Waals surface area contributed by atoms with E-state index in [-0.39, 0.29) is 16.6 Å². The summed E-state index contributed by atoms with van der Waals surface area (Å²) < 4.78 is 4.10. The minimum atomic E-state index is -0.799. The van der Waals surface area contributed by atoms with Crippen molar-refractivity contribution < 1.29 is 15.0 Å². The predicted octanol–water partition coefficient (Wildman–Crippen LogP) is 3.03. The zero-order chi connectivity index (χ0) is 16.5. The molecule has 0 aliphatic heterocycles. The number of carbonyl (C=O) groups excluding carboxylic acids is 1. The summed E-state index contributed by atoms with van der Waals surface area (Å²) in [5.74, 6) is 0.408. The van der Waals surface area contributed by atoms with E-state index in [2.05, 4.69) is 3.21 Å². The lowest BCUT2D eigenvalue weighted by atomic mass is 10.1. The fourth-order valence-electron chi connectivity index (χ4n) is 1.76. The number of carbonyl (C=O) groups is 1. The van der Waals surface area contributed by atoms with Gasteiger partial charge in [0.25, 0.3) is 0 Å². The molecule has 0 bridgehead atoms. The summed E-state index contributed by atoms with van der Waals surface area (Å²) in [6.45, 7) is 0. The first-order chi connectivity index (χ1) is 10.4. The van der Waals surface area contributed by atoms with E-state index in [9.17, 15) is 15.0 Å². The summed E-state index contributed by atoms with van der Waals surface area (Å²) in [5, 5.41) is 20.4. The quantitative estimate of drug-likeness (QED) is 0.238. The van der Waals surface area contributed by atoms with Crippen LogP contribution < -0.4 is 4.90 Å². The molecule has 122 valence electrons. The number of aliphatic hydroxyl groups excluding tert-OH is 2. The van der Waals surface area contributed by atoms with Gasteiger partial charge in [-0.3, -0.25) is 4.79 Å². The van der Waals surface area contributed by atoms with Crippen molar-refractivity contribution in [2.75, 3.05) is 17.7 Å². The van der Waals surface area contributed by atoms with Crippen molar-refractivity contribution in [1.29, 1.82) is 0 Å². The molecule has 0 aliphatic rings. The van der Waals surface area contributed by atoms with Crippen LogP contribution in [0.2, 0.25) is 0 Å². The summed E-state index contributed by atoms with van der Waals surface area (Å²) >= 11 is 4.99. The van der Waals surface area contributed by atoms with Crippen LogP contribution in [-0.2, 0) is 4.79 Å². The van der Waals surface area contributed by atoms with Crippen molar-refractivity contribution in [3.8, 4) is 0 Å². The Morgan fingerprint density at radius 3 is 2.50 bits per heavy atom. The topological polar surface area (TPSA) is 73.1 Å². The minimum absolute atomic E-state index is 0.0689. The first kappa shape index (κ1) is 20.1. The van der Waals surface area contributed by atoms with Crippen molar-refractivity contribution >= 4 is 71.9 Å². The van der Waals surface area contributed by atoms with Gasteiger partial charge in [-0.2, -0.15) is 3.21 Å². The maximum absolute atomic E-state index is 10.9. The van der Waals surface area contributed by atoms with Crippen molar-refractivity contribution in [3.05, 3.63) is 30.3 Å². The highest BCUT2D eigenvalue weighted by Gasteiger charge is 2.17. The number of para-hydroxylation sites is 1. The van der Waals surface area contributed by atoms with Crippen molar-refractivity contribution in [1.82, 2.24) is 0 Å². The Hall–Kier alpha value is 0.0900. The number of thioether (sulfide) groups is 1. The molecular weight excluding hydrogens is 530 g/mol. The van der Waals surface area contributed by atoms with E-state index in [1.807, 2.05) is 65.1 Å². The van der Waals surface area contributed by atoms with Crippen LogP contribution in [0.5, 0.6) is 0 Å². The predicted molar refractivity (Wildman–Crippen MR) is 109 cm³/mol. The van der Waals surface area contributed by atoms with Crippen LogP contribution in [0.25, 0.3) is 0 Å². The second-order valence-electron chi connectivity index (χ2n) is 4.68. The summed E-state index contributed by atoms with van der Waals surface area (Å²) in [6, 6.07) is 9.81. The third-order valence-corrected chi connectivity index (χ3v) is 5.25. The zero-order valence-electron chi connectivity index (χ0n) is 12.0. The number of amidine groups is 1. The second kappa shape index (κ2) is 10.8. The number of hydrogen-bond acceptors (Lipinski definition) is 5. The number of rotatable bonds is 7. The molecule has 0 fully saturated rings. The maximum Gasteiger partial charge on any atom is 0.194 e. The molecule has 5 nitrogen and oxygen atoms in total. The summed E-state index contributed by atoms with van der Waals surface area (Å²) in [6.07, 6.45) is -1.23. The van der Waals surface area contributed by atoms with Gasteiger partial charge in [0.15, 0.2) is 8.96 Å². The maximum atomic E-state index is 10.9. The molecule has 0 spiro atoms. The van der Waals surface area contributed by atoms with Crippen molar-refractivity contribution in [2.45, 2.75) is 25.0 Å². The van der Waals surface area contributed by atoms with E-state index in [1.165, 1.54) is 11.8 Å². The Balaban J connectivity index is 2.49. The Kier molecular flexibility index (Phi) is 9.87. The molecule has 0 radical (unpaired) electrons. The summed E-state index contributed by atoms with van der Waals surface area (Å²) in [4.78, 5) is 12.8. The summed E-state index contributed by atoms with van der Waals surface area (Å²) in [5.41, 5.74) is 1.01. The number of hydrogen-bond donors (Lipinski definition) is 2. The van der Waals surface area contributed by atoms with E-state index >= 15 is 0 Å². The SMILES string of the molecule is CN(/C(=N\I)SC[C@@H](O)C[C@@H](O)CC(=O)I)c1ccccc1. The Labute approximate surface area is 162 Å². The van der Waals surface area contributed by atoms with Gasteiger partial charge < -0.3 is 15.1 Å². The van der Waals surface area contributed by atoms with Gasteiger partial charge in [0.1, 0.15) is 0 Å². The van der Waals surface area contributed by atoms with Gasteiger partial charge in [0.2, 0.25) is 0 Å². The fourth-order valence-corrected chi connectivity index (χ4v) is 3.84. The first-order valence-electron chi connectivity index (χ1n) is 6.59. The van der Waals surface area contributed by atoms with Crippen LogP contribution in [0.4, 0.5) is 5.69 Å². The normalized spacial score (nSPS) is 14.5. The van der Waals surface area contributed by atoms with Gasteiger partial charge in [-0.1, -0.05) is 30.0 Å². The average molecular weight is 548 g/mol. The standard InChI is InChI=1S/C14H18I2N2O3S/c1-18(10-5-3-2-4-6-10)14(17-16)22-9-12(20)7-11(19)8-13(15)21/h2-6,11-12,19-20H,7-9H2,1H3/b17-14+/t11-,12+/m1/s1. The summed E-state index contributed by atoms with van der Waals surface area (Å²) in [7, 11) is 1.91. The minimum Gasteiger partial charge on any atom is -0.393 e. The van der Waals surface area contributed by atoms with Crippen LogP contribution >= 0.6 is 57.2 Å². The number of aliphatic hydroxyl groups is 2. The molecule has 0 aliphatic carbocycles. The second-order valence-corrected chi connectivity index (χ2v) is 7.35. The van der Waals surface area contributed by atoms with Gasteiger partial charge in [-0.05, 0) is 34.7 Å². The van der Waals surface area contributed by atoms with Crippen LogP contribution in [0, 0.1) is 0 Å². The molecule has 22 heavy (non-hydrogen) atoms. The molecule has 1 rings (SSSR count). The lowest BCUT2D eigenvalue weighted by Crippen LogP contribution is -2.26. The Morgan fingerprint density at radius 2 is 1.95 bits per heavy atom. The highest BCUT2D eigenvalue weighted by molar-refractivity contribution is 14.1. The van der Waals surface area contributed by atoms with Crippen LogP contribution in [0.3, 0.4) is 0 Å². The third-order valence-electron chi connectivity index (χ3n) is 2.85. The largest absolute Gasteiger partial charge is 0.393 e. The van der Waals surface area contributed by atoms with Crippen LogP contribution in [0.15, 0.2) is 33.5 Å². The molecule has 1 aromatic rings. The number of benzene rings is 1. The van der Waals surface area contributed by atoms with E-state index in [0.717, 1.165) is 10.9 Å². The average Bonchev–Trinajstić information content (AvgIpc) is 2.47. The molecule has 0 unspecified atom stereocenters. The fraction of sp³-hybridized carbons (Fsp3) is 0.429. The molecule has 1 aromatic carbocycles. The van der Waals surface area contributed by atoms with E-state index < -0.39 is 12.2 Å². The molecule has 0 aromatic heterocycles. The smallest absolute Gasteiger partial charge is 0.194 e. The molecule has 0 saturated carbocycles. The Morgan fingerprint density at radius 1 is 1.32 bits per heavy atom. The molecule has 0 amide bonds. The highest BCUT2D eigenvalue weighted by Crippen LogP contribution is 2.20. The van der Waals surface area contributed by atoms with Crippen molar-refractivity contribution in [2.24, 2.45) is 3.21 Å². The molecule has 2 N–H and O–H groups in total. The van der Waals surface area contributed by atoms with Gasteiger partial charge >= 0.3 is 0 Å². The molecule has 0 heterocycles. The number of halogens is 2. The van der Waals surface area contributed by atoms with Crippen molar-refractivity contribution in [3.63, 3.8) is 0 Å². The van der Waals surface area contributed by atoms with Gasteiger partial charge in [0.05, 0.1) is 35.1 Å². The third kappa shape index (κ3) is 7.57. The van der Waals surface area contributed by atoms with Gasteiger partial charge in [0, 0.05) is 31.3 Å². The lowest BCUT2D eigenvalue weighted by molar-refractivity contribution is -0.111. The van der Waals surface area contributed by atoms with Gasteiger partial charge in [-0.25, -0.2) is 0 Å². The number of anilines is 1. The monoisotopic (exact) mass is 548 g/mol. The number of nitrogens with zero attached hydrogens (tertiary/aromatic N) is 2. The Bertz CT molecular complexity index is 502. The lowest BCUT2D eigenvalue weighted by Gasteiger charge is -2.21.